The van der Waals surface area contributed by atoms with E-state index >= 15 is 0 Å². The molecule has 7 heteroatoms. The minimum Gasteiger partial charge on any atom is -0.492 e. The maximum Gasteiger partial charge on any atom is 0.290 e. The van der Waals surface area contributed by atoms with Crippen LogP contribution in [0.2, 0.25) is 0 Å². The minimum atomic E-state index is -0.351. The second kappa shape index (κ2) is 7.75. The standard InChI is InChI=1S/C20H18N2O4S/c23-19-18(27-20(24)21-19)13-14-5-7-15(8-6-14)25-11-9-22-10-12-26-17-4-2-1-3-16(17)22/h1-8,13H,9-12H2,(H,21,23,24). The van der Waals surface area contributed by atoms with Crippen LogP contribution in [0.4, 0.5) is 10.5 Å². The maximum atomic E-state index is 11.6. The lowest BCUT2D eigenvalue weighted by Crippen LogP contribution is -2.35. The Balaban J connectivity index is 1.33. The summed E-state index contributed by atoms with van der Waals surface area (Å²) >= 11 is 0.911. The van der Waals surface area contributed by atoms with Crippen molar-refractivity contribution < 1.29 is 19.1 Å². The van der Waals surface area contributed by atoms with Gasteiger partial charge in [-0.2, -0.15) is 0 Å². The summed E-state index contributed by atoms with van der Waals surface area (Å²) < 4.78 is 11.5. The van der Waals surface area contributed by atoms with E-state index in [9.17, 15) is 9.59 Å². The first-order valence-electron chi connectivity index (χ1n) is 8.63. The van der Waals surface area contributed by atoms with Crippen molar-refractivity contribution in [3.63, 3.8) is 0 Å². The second-order valence-electron chi connectivity index (χ2n) is 6.07. The highest BCUT2D eigenvalue weighted by atomic mass is 32.2. The molecule has 27 heavy (non-hydrogen) atoms. The lowest BCUT2D eigenvalue weighted by atomic mass is 10.2. The predicted octanol–water partition coefficient (Wildman–Crippen LogP) is 3.29. The number of nitrogens with one attached hydrogen (secondary N) is 1. The Morgan fingerprint density at radius 1 is 1.15 bits per heavy atom. The van der Waals surface area contributed by atoms with Crippen LogP contribution in [0.15, 0.2) is 53.4 Å². The molecule has 2 amide bonds. The summed E-state index contributed by atoms with van der Waals surface area (Å²) in [6.45, 7) is 2.84. The van der Waals surface area contributed by atoms with Crippen LogP contribution in [-0.4, -0.2) is 37.4 Å². The Morgan fingerprint density at radius 2 is 1.96 bits per heavy atom. The van der Waals surface area contributed by atoms with Crippen LogP contribution in [0.25, 0.3) is 6.08 Å². The van der Waals surface area contributed by atoms with E-state index in [0.29, 0.717) is 18.1 Å². The van der Waals surface area contributed by atoms with Gasteiger partial charge in [0.05, 0.1) is 23.7 Å². The van der Waals surface area contributed by atoms with Gasteiger partial charge in [0.2, 0.25) is 0 Å². The fourth-order valence-electron chi connectivity index (χ4n) is 2.97. The van der Waals surface area contributed by atoms with Crippen LogP contribution in [-0.2, 0) is 4.79 Å². The molecule has 0 aliphatic carbocycles. The van der Waals surface area contributed by atoms with Crippen LogP contribution >= 0.6 is 11.8 Å². The van der Waals surface area contributed by atoms with E-state index < -0.39 is 0 Å². The monoisotopic (exact) mass is 382 g/mol. The molecule has 0 saturated carbocycles. The lowest BCUT2D eigenvalue weighted by Gasteiger charge is -2.31. The average molecular weight is 382 g/mol. The molecule has 4 rings (SSSR count). The van der Waals surface area contributed by atoms with Crippen LogP contribution in [0.3, 0.4) is 0 Å². The molecule has 0 radical (unpaired) electrons. The van der Waals surface area contributed by atoms with Crippen molar-refractivity contribution in [2.75, 3.05) is 31.2 Å². The lowest BCUT2D eigenvalue weighted by molar-refractivity contribution is -0.115. The zero-order valence-corrected chi connectivity index (χ0v) is 15.3. The molecule has 2 aliphatic heterocycles. The van der Waals surface area contributed by atoms with Crippen LogP contribution < -0.4 is 19.7 Å². The average Bonchev–Trinajstić information content (AvgIpc) is 3.00. The number of hydrogen-bond acceptors (Lipinski definition) is 6. The van der Waals surface area contributed by atoms with Gasteiger partial charge in [-0.1, -0.05) is 24.3 Å². The Morgan fingerprint density at radius 3 is 2.74 bits per heavy atom. The van der Waals surface area contributed by atoms with Gasteiger partial charge in [0.15, 0.2) is 0 Å². The van der Waals surface area contributed by atoms with Crippen LogP contribution in [0.1, 0.15) is 5.56 Å². The topological polar surface area (TPSA) is 67.9 Å². The van der Waals surface area contributed by atoms with Gasteiger partial charge in [0.25, 0.3) is 11.1 Å². The smallest absolute Gasteiger partial charge is 0.290 e. The molecule has 2 aromatic carbocycles. The van der Waals surface area contributed by atoms with Crippen molar-refractivity contribution in [1.82, 2.24) is 5.32 Å². The Kier molecular flexibility index (Phi) is 5.02. The van der Waals surface area contributed by atoms with E-state index in [1.165, 1.54) is 0 Å². The minimum absolute atomic E-state index is 0.337. The first kappa shape index (κ1) is 17.5. The Hall–Kier alpha value is -2.93. The summed E-state index contributed by atoms with van der Waals surface area (Å²) in [5.74, 6) is 1.32. The molecule has 0 aromatic heterocycles. The zero-order valence-electron chi connectivity index (χ0n) is 14.5. The maximum absolute atomic E-state index is 11.6. The van der Waals surface area contributed by atoms with Crippen molar-refractivity contribution in [2.45, 2.75) is 0 Å². The fourth-order valence-corrected chi connectivity index (χ4v) is 3.65. The third-order valence-electron chi connectivity index (χ3n) is 4.27. The fraction of sp³-hybridized carbons (Fsp3) is 0.200. The quantitative estimate of drug-likeness (QED) is 0.801. The van der Waals surface area contributed by atoms with Crippen molar-refractivity contribution in [3.05, 3.63) is 59.0 Å². The molecule has 2 heterocycles. The zero-order chi connectivity index (χ0) is 18.6. The number of benzene rings is 2. The van der Waals surface area contributed by atoms with E-state index in [4.69, 9.17) is 9.47 Å². The van der Waals surface area contributed by atoms with Gasteiger partial charge < -0.3 is 14.4 Å². The molecule has 0 unspecified atom stereocenters. The largest absolute Gasteiger partial charge is 0.492 e. The molecule has 0 bridgehead atoms. The molecule has 0 spiro atoms. The Labute approximate surface area is 161 Å². The highest BCUT2D eigenvalue weighted by Gasteiger charge is 2.24. The van der Waals surface area contributed by atoms with Gasteiger partial charge >= 0.3 is 0 Å². The highest BCUT2D eigenvalue weighted by Crippen LogP contribution is 2.30. The molecule has 1 N–H and O–H groups in total. The summed E-state index contributed by atoms with van der Waals surface area (Å²) in [5.41, 5.74) is 1.94. The summed E-state index contributed by atoms with van der Waals surface area (Å²) in [5, 5.41) is 1.91. The third kappa shape index (κ3) is 4.09. The van der Waals surface area contributed by atoms with E-state index in [0.717, 1.165) is 47.6 Å². The van der Waals surface area contributed by atoms with Gasteiger partial charge in [-0.15, -0.1) is 0 Å². The van der Waals surface area contributed by atoms with Gasteiger partial charge in [-0.05, 0) is 47.7 Å². The molecular weight excluding hydrogens is 364 g/mol. The number of anilines is 1. The van der Waals surface area contributed by atoms with E-state index in [-0.39, 0.29) is 11.1 Å². The predicted molar refractivity (Wildman–Crippen MR) is 105 cm³/mol. The number of fused-ring (bicyclic) bond motifs is 1. The molecule has 2 aromatic rings. The summed E-state index contributed by atoms with van der Waals surface area (Å²) in [7, 11) is 0. The molecule has 2 aliphatic rings. The third-order valence-corrected chi connectivity index (χ3v) is 5.09. The number of imide groups is 1. The summed E-state index contributed by atoms with van der Waals surface area (Å²) in [6, 6.07) is 15.5. The molecule has 0 atom stereocenters. The number of thioether (sulfide) groups is 1. The number of carbonyl (C=O) groups excluding carboxylic acids is 2. The number of nitrogens with zero attached hydrogens (tertiary/aromatic N) is 1. The SMILES string of the molecule is O=C1NC(=O)C(=Cc2ccc(OCCN3CCOc4ccccc43)cc2)S1. The number of ether oxygens (including phenoxy) is 2. The van der Waals surface area contributed by atoms with Crippen molar-refractivity contribution in [1.29, 1.82) is 0 Å². The second-order valence-corrected chi connectivity index (χ2v) is 7.09. The molecule has 1 fully saturated rings. The van der Waals surface area contributed by atoms with Gasteiger partial charge in [-0.25, -0.2) is 0 Å². The summed E-state index contributed by atoms with van der Waals surface area (Å²) in [6.07, 6.45) is 1.69. The molecule has 6 nitrogen and oxygen atoms in total. The van der Waals surface area contributed by atoms with Crippen LogP contribution in [0.5, 0.6) is 11.5 Å². The number of amides is 2. The van der Waals surface area contributed by atoms with Crippen LogP contribution in [0, 0.1) is 0 Å². The number of rotatable bonds is 5. The number of hydrogen-bond donors (Lipinski definition) is 1. The summed E-state index contributed by atoms with van der Waals surface area (Å²) in [4.78, 5) is 25.4. The first-order valence-corrected chi connectivity index (χ1v) is 9.45. The van der Waals surface area contributed by atoms with E-state index in [2.05, 4.69) is 16.3 Å². The Bertz CT molecular complexity index is 895. The first-order chi connectivity index (χ1) is 13.2. The van der Waals surface area contributed by atoms with Crippen molar-refractivity contribution >= 4 is 34.7 Å². The molecule has 1 saturated heterocycles. The molecule has 138 valence electrons. The van der Waals surface area contributed by atoms with Gasteiger partial charge in [0.1, 0.15) is 24.7 Å². The van der Waals surface area contributed by atoms with Gasteiger partial charge in [-0.3, -0.25) is 14.9 Å². The van der Waals surface area contributed by atoms with Crippen molar-refractivity contribution in [3.8, 4) is 11.5 Å². The van der Waals surface area contributed by atoms with E-state index in [1.54, 1.807) is 6.08 Å². The number of para-hydroxylation sites is 2. The highest BCUT2D eigenvalue weighted by molar-refractivity contribution is 8.18. The van der Waals surface area contributed by atoms with Gasteiger partial charge in [0, 0.05) is 0 Å². The van der Waals surface area contributed by atoms with Crippen molar-refractivity contribution in [2.24, 2.45) is 0 Å². The molecular formula is C20H18N2O4S. The van der Waals surface area contributed by atoms with E-state index in [1.807, 2.05) is 42.5 Å². The number of carbonyl (C=O) groups is 2. The normalized spacial score (nSPS) is 17.5.